The molecule has 1 aliphatic heterocycles. The lowest BCUT2D eigenvalue weighted by atomic mass is 9.96. The van der Waals surface area contributed by atoms with E-state index in [0.29, 0.717) is 13.1 Å². The van der Waals surface area contributed by atoms with Crippen LogP contribution in [0.15, 0.2) is 30.3 Å². The smallest absolute Gasteiger partial charge is 0.278 e. The molecule has 2 rings (SSSR count). The van der Waals surface area contributed by atoms with E-state index in [1.807, 2.05) is 37.3 Å². The van der Waals surface area contributed by atoms with E-state index in [0.717, 1.165) is 29.8 Å². The molecule has 1 saturated heterocycles. The lowest BCUT2D eigenvalue weighted by molar-refractivity contribution is -0.921. The van der Waals surface area contributed by atoms with Gasteiger partial charge < -0.3 is 16.0 Å². The van der Waals surface area contributed by atoms with Crippen LogP contribution in [0.3, 0.4) is 0 Å². The zero-order valence-corrected chi connectivity index (χ0v) is 12.5. The average molecular weight is 290 g/mol. The second-order valence-electron chi connectivity index (χ2n) is 5.78. The van der Waals surface area contributed by atoms with E-state index in [9.17, 15) is 9.59 Å². The van der Waals surface area contributed by atoms with E-state index >= 15 is 0 Å². The summed E-state index contributed by atoms with van der Waals surface area (Å²) in [6.45, 7) is 4.04. The minimum Gasteiger partial charge on any atom is -0.369 e. The van der Waals surface area contributed by atoms with Gasteiger partial charge in [-0.25, -0.2) is 0 Å². The van der Waals surface area contributed by atoms with Crippen LogP contribution in [-0.4, -0.2) is 30.9 Å². The Kier molecular flexibility index (Phi) is 5.33. The van der Waals surface area contributed by atoms with Crippen molar-refractivity contribution in [2.45, 2.75) is 32.4 Å². The highest BCUT2D eigenvalue weighted by atomic mass is 16.2. The Hall–Kier alpha value is -1.88. The number of nitrogens with one attached hydrogen (secondary N) is 2. The molecule has 21 heavy (non-hydrogen) atoms. The highest BCUT2D eigenvalue weighted by Gasteiger charge is 2.33. The molecule has 0 spiro atoms. The van der Waals surface area contributed by atoms with Gasteiger partial charge in [0.2, 0.25) is 5.91 Å². The summed E-state index contributed by atoms with van der Waals surface area (Å²) in [5.41, 5.74) is 6.47. The fraction of sp³-hybridized carbons (Fsp3) is 0.500. The zero-order chi connectivity index (χ0) is 15.2. The minimum absolute atomic E-state index is 0.0268. The van der Waals surface area contributed by atoms with Gasteiger partial charge in [-0.05, 0) is 25.3 Å². The highest BCUT2D eigenvalue weighted by Crippen LogP contribution is 2.06. The molecule has 114 valence electrons. The number of carbonyl (C=O) groups is 2. The number of primary amides is 1. The first-order valence-corrected chi connectivity index (χ1v) is 7.53. The molecule has 4 N–H and O–H groups in total. The lowest BCUT2D eigenvalue weighted by Crippen LogP contribution is -3.18. The normalized spacial score (nSPS) is 23.3. The predicted octanol–water partition coefficient (Wildman–Crippen LogP) is -0.528. The summed E-state index contributed by atoms with van der Waals surface area (Å²) in [5.74, 6) is -0.318. The first-order chi connectivity index (χ1) is 10.1. The SMILES string of the molecule is C[C@H](C(=O)NCc1ccccc1)[NH+]1CCC[C@H](C(N)=O)C1. The van der Waals surface area contributed by atoms with Crippen molar-refractivity contribution in [3.05, 3.63) is 35.9 Å². The zero-order valence-electron chi connectivity index (χ0n) is 12.5. The number of amides is 2. The number of benzene rings is 1. The van der Waals surface area contributed by atoms with Crippen LogP contribution in [-0.2, 0) is 16.1 Å². The summed E-state index contributed by atoms with van der Waals surface area (Å²) >= 11 is 0. The summed E-state index contributed by atoms with van der Waals surface area (Å²) in [6.07, 6.45) is 1.79. The Morgan fingerprint density at radius 1 is 1.38 bits per heavy atom. The van der Waals surface area contributed by atoms with Crippen LogP contribution in [0.1, 0.15) is 25.3 Å². The minimum atomic E-state index is -0.246. The molecule has 1 heterocycles. The molecular formula is C16H24N3O2+. The fourth-order valence-corrected chi connectivity index (χ4v) is 2.86. The van der Waals surface area contributed by atoms with Gasteiger partial charge in [-0.15, -0.1) is 0 Å². The molecule has 1 unspecified atom stereocenters. The Morgan fingerprint density at radius 2 is 2.10 bits per heavy atom. The number of nitrogens with two attached hydrogens (primary N) is 1. The third-order valence-corrected chi connectivity index (χ3v) is 4.28. The van der Waals surface area contributed by atoms with E-state index in [1.54, 1.807) is 0 Å². The molecule has 0 saturated carbocycles. The van der Waals surface area contributed by atoms with Crippen molar-refractivity contribution in [2.24, 2.45) is 11.7 Å². The van der Waals surface area contributed by atoms with E-state index in [2.05, 4.69) is 5.32 Å². The van der Waals surface area contributed by atoms with Crippen molar-refractivity contribution in [3.63, 3.8) is 0 Å². The summed E-state index contributed by atoms with van der Waals surface area (Å²) in [6, 6.07) is 9.69. The molecule has 0 aliphatic carbocycles. The standard InChI is InChI=1S/C16H23N3O2/c1-12(19-9-5-8-14(11-19)15(17)20)16(21)18-10-13-6-3-2-4-7-13/h2-4,6-7,12,14H,5,8-11H2,1H3,(H2,17,20)(H,18,21)/p+1/t12-,14+/m1/s1. The molecule has 0 radical (unpaired) electrons. The van der Waals surface area contributed by atoms with Gasteiger partial charge in [0, 0.05) is 6.54 Å². The van der Waals surface area contributed by atoms with Crippen molar-refractivity contribution in [3.8, 4) is 0 Å². The van der Waals surface area contributed by atoms with Crippen LogP contribution in [0.2, 0.25) is 0 Å². The van der Waals surface area contributed by atoms with E-state index < -0.39 is 0 Å². The van der Waals surface area contributed by atoms with E-state index in [-0.39, 0.29) is 23.8 Å². The summed E-state index contributed by atoms with van der Waals surface area (Å²) in [5, 5.41) is 2.96. The number of quaternary nitrogens is 1. The molecule has 5 nitrogen and oxygen atoms in total. The number of hydrogen-bond acceptors (Lipinski definition) is 2. The van der Waals surface area contributed by atoms with Gasteiger partial charge in [-0.3, -0.25) is 9.59 Å². The average Bonchev–Trinajstić information content (AvgIpc) is 2.53. The van der Waals surface area contributed by atoms with Crippen LogP contribution < -0.4 is 16.0 Å². The topological polar surface area (TPSA) is 76.6 Å². The number of rotatable bonds is 5. The molecule has 3 atom stereocenters. The Bertz CT molecular complexity index is 490. The van der Waals surface area contributed by atoms with Gasteiger partial charge in [-0.2, -0.15) is 0 Å². The van der Waals surface area contributed by atoms with Crippen molar-refractivity contribution < 1.29 is 14.5 Å². The maximum atomic E-state index is 12.2. The second kappa shape index (κ2) is 7.22. The Labute approximate surface area is 125 Å². The van der Waals surface area contributed by atoms with Gasteiger partial charge in [0.15, 0.2) is 6.04 Å². The molecule has 1 fully saturated rings. The maximum Gasteiger partial charge on any atom is 0.278 e. The fourth-order valence-electron chi connectivity index (χ4n) is 2.86. The highest BCUT2D eigenvalue weighted by molar-refractivity contribution is 5.80. The number of likely N-dealkylation sites (tertiary alicyclic amines) is 1. The number of piperidine rings is 1. The third kappa shape index (κ3) is 4.29. The Morgan fingerprint density at radius 3 is 2.76 bits per heavy atom. The van der Waals surface area contributed by atoms with Crippen molar-refractivity contribution >= 4 is 11.8 Å². The molecule has 1 aromatic carbocycles. The van der Waals surface area contributed by atoms with Crippen LogP contribution in [0.5, 0.6) is 0 Å². The summed E-state index contributed by atoms with van der Waals surface area (Å²) in [7, 11) is 0. The van der Waals surface area contributed by atoms with E-state index in [1.165, 1.54) is 0 Å². The molecule has 1 aromatic rings. The second-order valence-corrected chi connectivity index (χ2v) is 5.78. The lowest BCUT2D eigenvalue weighted by Gasteiger charge is -2.31. The van der Waals surface area contributed by atoms with Gasteiger partial charge in [0.25, 0.3) is 5.91 Å². The van der Waals surface area contributed by atoms with Crippen LogP contribution >= 0.6 is 0 Å². The van der Waals surface area contributed by atoms with Crippen LogP contribution in [0, 0.1) is 5.92 Å². The molecule has 2 amide bonds. The molecule has 0 aromatic heterocycles. The summed E-state index contributed by atoms with van der Waals surface area (Å²) < 4.78 is 0. The molecule has 0 bridgehead atoms. The van der Waals surface area contributed by atoms with Gasteiger partial charge in [0.05, 0.1) is 19.0 Å². The number of hydrogen-bond donors (Lipinski definition) is 3. The predicted molar refractivity (Wildman–Crippen MR) is 80.4 cm³/mol. The molecule has 5 heteroatoms. The van der Waals surface area contributed by atoms with Gasteiger partial charge in [-0.1, -0.05) is 30.3 Å². The maximum absolute atomic E-state index is 12.2. The monoisotopic (exact) mass is 290 g/mol. The van der Waals surface area contributed by atoms with Gasteiger partial charge in [0.1, 0.15) is 0 Å². The summed E-state index contributed by atoms with van der Waals surface area (Å²) in [4.78, 5) is 24.7. The van der Waals surface area contributed by atoms with Crippen LogP contribution in [0.4, 0.5) is 0 Å². The van der Waals surface area contributed by atoms with Crippen LogP contribution in [0.25, 0.3) is 0 Å². The molecular weight excluding hydrogens is 266 g/mol. The largest absolute Gasteiger partial charge is 0.369 e. The van der Waals surface area contributed by atoms with Gasteiger partial charge >= 0.3 is 0 Å². The first-order valence-electron chi connectivity index (χ1n) is 7.53. The molecule has 1 aliphatic rings. The number of carbonyl (C=O) groups excluding carboxylic acids is 2. The third-order valence-electron chi connectivity index (χ3n) is 4.28. The van der Waals surface area contributed by atoms with E-state index in [4.69, 9.17) is 5.73 Å². The Balaban J connectivity index is 1.85. The van der Waals surface area contributed by atoms with Crippen molar-refractivity contribution in [2.75, 3.05) is 13.1 Å². The van der Waals surface area contributed by atoms with Crippen molar-refractivity contribution in [1.29, 1.82) is 0 Å². The first kappa shape index (κ1) is 15.5. The quantitative estimate of drug-likeness (QED) is 0.682. The van der Waals surface area contributed by atoms with Crippen molar-refractivity contribution in [1.82, 2.24) is 5.32 Å².